The number of hydrogen-bond acceptors (Lipinski definition) is 7. The number of anilines is 2. The molecule has 0 aliphatic rings. The highest BCUT2D eigenvalue weighted by atomic mass is 32.2. The van der Waals surface area contributed by atoms with Crippen LogP contribution in [0.3, 0.4) is 0 Å². The summed E-state index contributed by atoms with van der Waals surface area (Å²) in [6.07, 6.45) is 2.94. The second-order valence-corrected chi connectivity index (χ2v) is 5.00. The quantitative estimate of drug-likeness (QED) is 0.394. The molecule has 0 saturated heterocycles. The van der Waals surface area contributed by atoms with Crippen LogP contribution in [0.15, 0.2) is 12.1 Å². The van der Waals surface area contributed by atoms with Gasteiger partial charge in [-0.25, -0.2) is 10.8 Å². The summed E-state index contributed by atoms with van der Waals surface area (Å²) in [5.41, 5.74) is 2.32. The molecule has 0 spiro atoms. The van der Waals surface area contributed by atoms with Gasteiger partial charge in [-0.05, 0) is 18.7 Å². The van der Waals surface area contributed by atoms with Crippen molar-refractivity contribution in [3.63, 3.8) is 0 Å². The minimum atomic E-state index is -0.465. The number of hydrazine groups is 1. The molecule has 4 N–H and O–H groups in total. The zero-order valence-corrected chi connectivity index (χ0v) is 11.2. The Labute approximate surface area is 110 Å². The highest BCUT2D eigenvalue weighted by Gasteiger charge is 2.15. The van der Waals surface area contributed by atoms with E-state index >= 15 is 0 Å². The zero-order valence-electron chi connectivity index (χ0n) is 10.3. The van der Waals surface area contributed by atoms with Crippen molar-refractivity contribution in [3.8, 4) is 0 Å². The number of nitrogens with two attached hydrogens (primary N) is 1. The fourth-order valence-corrected chi connectivity index (χ4v) is 1.67. The molecule has 0 aromatic carbocycles. The Bertz CT molecular complexity index is 415. The first-order chi connectivity index (χ1) is 8.58. The Morgan fingerprint density at radius 1 is 1.61 bits per heavy atom. The molecule has 8 heteroatoms. The molecule has 0 saturated carbocycles. The molecular weight excluding hydrogens is 254 g/mol. The summed E-state index contributed by atoms with van der Waals surface area (Å²) in [7, 11) is 0. The lowest BCUT2D eigenvalue weighted by Gasteiger charge is -2.10. The standard InChI is InChI=1S/C10H17N5O2S/c1-7(18-2)5-6-12-10-8(15(16)17)3-4-9(13-10)14-11/h3-4,7H,5-6,11H2,1-2H3,(H2,12,13,14). The minimum Gasteiger partial charge on any atom is -0.364 e. The summed E-state index contributed by atoms with van der Waals surface area (Å²) in [6.45, 7) is 2.73. The molecule has 1 aromatic rings. The molecule has 0 fully saturated rings. The average molecular weight is 271 g/mol. The van der Waals surface area contributed by atoms with E-state index in [1.165, 1.54) is 12.1 Å². The molecule has 1 aromatic heterocycles. The highest BCUT2D eigenvalue weighted by Crippen LogP contribution is 2.23. The lowest BCUT2D eigenvalue weighted by atomic mass is 10.3. The van der Waals surface area contributed by atoms with Gasteiger partial charge >= 0.3 is 5.69 Å². The van der Waals surface area contributed by atoms with Crippen LogP contribution in [0.1, 0.15) is 13.3 Å². The maximum absolute atomic E-state index is 10.8. The van der Waals surface area contributed by atoms with Crippen LogP contribution < -0.4 is 16.6 Å². The molecule has 1 unspecified atom stereocenters. The number of hydrogen-bond donors (Lipinski definition) is 3. The maximum Gasteiger partial charge on any atom is 0.311 e. The molecule has 100 valence electrons. The lowest BCUT2D eigenvalue weighted by molar-refractivity contribution is -0.384. The number of nitrogens with one attached hydrogen (secondary N) is 2. The van der Waals surface area contributed by atoms with Gasteiger partial charge in [-0.3, -0.25) is 10.1 Å². The van der Waals surface area contributed by atoms with Crippen LogP contribution in [-0.2, 0) is 0 Å². The molecule has 0 aliphatic carbocycles. The number of nitrogen functional groups attached to an aromatic ring is 1. The monoisotopic (exact) mass is 271 g/mol. The van der Waals surface area contributed by atoms with Crippen LogP contribution in [0.5, 0.6) is 0 Å². The lowest BCUT2D eigenvalue weighted by Crippen LogP contribution is -2.13. The topological polar surface area (TPSA) is 106 Å². The molecule has 0 radical (unpaired) electrons. The zero-order chi connectivity index (χ0) is 13.5. The third kappa shape index (κ3) is 4.04. The van der Waals surface area contributed by atoms with Gasteiger partial charge in [0.25, 0.3) is 0 Å². The number of rotatable bonds is 7. The fraction of sp³-hybridized carbons (Fsp3) is 0.500. The Morgan fingerprint density at radius 2 is 2.33 bits per heavy atom. The molecule has 0 amide bonds. The first-order valence-electron chi connectivity index (χ1n) is 5.47. The van der Waals surface area contributed by atoms with E-state index in [-0.39, 0.29) is 11.5 Å². The second-order valence-electron chi connectivity index (χ2n) is 3.73. The van der Waals surface area contributed by atoms with Crippen molar-refractivity contribution in [2.75, 3.05) is 23.5 Å². The largest absolute Gasteiger partial charge is 0.364 e. The van der Waals surface area contributed by atoms with Crippen molar-refractivity contribution >= 4 is 29.1 Å². The van der Waals surface area contributed by atoms with Crippen molar-refractivity contribution in [2.24, 2.45) is 5.84 Å². The molecule has 18 heavy (non-hydrogen) atoms. The Balaban J connectivity index is 2.75. The summed E-state index contributed by atoms with van der Waals surface area (Å²) in [5, 5.41) is 14.3. The maximum atomic E-state index is 10.8. The third-order valence-corrected chi connectivity index (χ3v) is 3.50. The first-order valence-corrected chi connectivity index (χ1v) is 6.76. The van der Waals surface area contributed by atoms with E-state index in [9.17, 15) is 10.1 Å². The van der Waals surface area contributed by atoms with Gasteiger partial charge in [-0.2, -0.15) is 11.8 Å². The molecule has 0 bridgehead atoms. The van der Waals surface area contributed by atoms with Crippen LogP contribution in [0.25, 0.3) is 0 Å². The van der Waals surface area contributed by atoms with Crippen molar-refractivity contribution in [3.05, 3.63) is 22.2 Å². The van der Waals surface area contributed by atoms with E-state index in [0.717, 1.165) is 6.42 Å². The van der Waals surface area contributed by atoms with Crippen molar-refractivity contribution in [1.82, 2.24) is 4.98 Å². The van der Waals surface area contributed by atoms with Crippen LogP contribution in [0.4, 0.5) is 17.3 Å². The Hall–Kier alpha value is -1.54. The summed E-state index contributed by atoms with van der Waals surface area (Å²) in [4.78, 5) is 14.4. The molecule has 1 rings (SSSR count). The van der Waals surface area contributed by atoms with Gasteiger partial charge < -0.3 is 10.7 Å². The minimum absolute atomic E-state index is 0.0502. The number of aromatic nitrogens is 1. The summed E-state index contributed by atoms with van der Waals surface area (Å²) in [6, 6.07) is 2.84. The van der Waals surface area contributed by atoms with Gasteiger partial charge in [0.2, 0.25) is 5.82 Å². The van der Waals surface area contributed by atoms with Gasteiger partial charge in [-0.15, -0.1) is 0 Å². The van der Waals surface area contributed by atoms with Gasteiger partial charge in [-0.1, -0.05) is 6.92 Å². The van der Waals surface area contributed by atoms with E-state index in [1.54, 1.807) is 11.8 Å². The van der Waals surface area contributed by atoms with Gasteiger partial charge in [0.05, 0.1) is 4.92 Å². The molecule has 7 nitrogen and oxygen atoms in total. The third-order valence-electron chi connectivity index (χ3n) is 2.46. The van der Waals surface area contributed by atoms with Gasteiger partial charge in [0, 0.05) is 17.9 Å². The highest BCUT2D eigenvalue weighted by molar-refractivity contribution is 7.99. The van der Waals surface area contributed by atoms with Gasteiger partial charge in [0.1, 0.15) is 5.82 Å². The normalized spacial score (nSPS) is 11.9. The molecular formula is C10H17N5O2S. The number of nitrogens with zero attached hydrogens (tertiary/aromatic N) is 2. The van der Waals surface area contributed by atoms with Crippen LogP contribution >= 0.6 is 11.8 Å². The predicted molar refractivity (Wildman–Crippen MR) is 74.8 cm³/mol. The SMILES string of the molecule is CSC(C)CCNc1nc(NN)ccc1[N+](=O)[O-]. The fourth-order valence-electron chi connectivity index (χ4n) is 1.32. The van der Waals surface area contributed by atoms with Crippen LogP contribution in [-0.4, -0.2) is 28.0 Å². The number of pyridine rings is 1. The summed E-state index contributed by atoms with van der Waals surface area (Å²) >= 11 is 1.75. The summed E-state index contributed by atoms with van der Waals surface area (Å²) in [5.74, 6) is 5.86. The van der Waals surface area contributed by atoms with Crippen molar-refractivity contribution < 1.29 is 4.92 Å². The predicted octanol–water partition coefficient (Wildman–Crippen LogP) is 1.83. The van der Waals surface area contributed by atoms with Crippen molar-refractivity contribution in [2.45, 2.75) is 18.6 Å². The van der Waals surface area contributed by atoms with E-state index in [0.29, 0.717) is 17.6 Å². The number of thioether (sulfide) groups is 1. The van der Waals surface area contributed by atoms with Gasteiger partial charge in [0.15, 0.2) is 0 Å². The van der Waals surface area contributed by atoms with E-state index in [4.69, 9.17) is 5.84 Å². The smallest absolute Gasteiger partial charge is 0.311 e. The Kier molecular flexibility index (Phi) is 5.66. The van der Waals surface area contributed by atoms with E-state index in [2.05, 4.69) is 22.7 Å². The average Bonchev–Trinajstić information content (AvgIpc) is 2.37. The molecule has 1 heterocycles. The summed E-state index contributed by atoms with van der Waals surface area (Å²) < 4.78 is 0. The van der Waals surface area contributed by atoms with Crippen LogP contribution in [0.2, 0.25) is 0 Å². The number of nitro groups is 1. The second kappa shape index (κ2) is 7.02. The first kappa shape index (κ1) is 14.5. The van der Waals surface area contributed by atoms with E-state index in [1.807, 2.05) is 6.26 Å². The van der Waals surface area contributed by atoms with Crippen molar-refractivity contribution in [1.29, 1.82) is 0 Å². The van der Waals surface area contributed by atoms with Crippen LogP contribution in [0, 0.1) is 10.1 Å². The molecule has 0 aliphatic heterocycles. The van der Waals surface area contributed by atoms with E-state index < -0.39 is 4.92 Å². The Morgan fingerprint density at radius 3 is 2.89 bits per heavy atom. The molecule has 1 atom stereocenters.